The van der Waals surface area contributed by atoms with Crippen molar-refractivity contribution in [2.75, 3.05) is 0 Å². The van der Waals surface area contributed by atoms with E-state index in [1.807, 2.05) is 0 Å². The zero-order chi connectivity index (χ0) is 10.3. The molecule has 2 heterocycles. The van der Waals surface area contributed by atoms with Gasteiger partial charge in [-0.1, -0.05) is 5.21 Å². The number of aryl methyl sites for hydroxylation is 1. The van der Waals surface area contributed by atoms with E-state index in [0.29, 0.717) is 0 Å². The van der Waals surface area contributed by atoms with Gasteiger partial charge in [0.15, 0.2) is 5.52 Å². The van der Waals surface area contributed by atoms with Gasteiger partial charge in [0.25, 0.3) is 5.56 Å². The molecule has 0 aliphatic carbocycles. The summed E-state index contributed by atoms with van der Waals surface area (Å²) in [6, 6.07) is 0. The number of fused-ring (bicyclic) bond motifs is 1. The Balaban J connectivity index is 2.98. The maximum Gasteiger partial charge on any atom is 0.418 e. The van der Waals surface area contributed by atoms with E-state index in [0.717, 1.165) is 4.68 Å². The van der Waals surface area contributed by atoms with Crippen LogP contribution in [-0.4, -0.2) is 30.1 Å². The molecule has 0 bridgehead atoms. The van der Waals surface area contributed by atoms with Crippen LogP contribution in [-0.2, 0) is 7.05 Å². The molecule has 14 heavy (non-hydrogen) atoms. The normalized spacial score (nSPS) is 10.6. The van der Waals surface area contributed by atoms with Crippen molar-refractivity contribution in [2.45, 2.75) is 0 Å². The average Bonchev–Trinajstić information content (AvgIpc) is 2.45. The first-order chi connectivity index (χ1) is 6.61. The van der Waals surface area contributed by atoms with Gasteiger partial charge in [-0.05, 0) is 4.92 Å². The summed E-state index contributed by atoms with van der Waals surface area (Å²) in [5.41, 5.74) is -0.633. The molecule has 2 aromatic heterocycles. The van der Waals surface area contributed by atoms with Crippen LogP contribution in [0.5, 0.6) is 0 Å². The molecule has 0 saturated carbocycles. The maximum absolute atomic E-state index is 11.2. The largest absolute Gasteiger partial charge is 0.418 e. The molecule has 9 heteroatoms. The molecular weight excluding hydrogens is 192 g/mol. The van der Waals surface area contributed by atoms with E-state index in [2.05, 4.69) is 20.5 Å². The number of nitro groups is 1. The van der Waals surface area contributed by atoms with Crippen molar-refractivity contribution in [1.82, 2.24) is 25.2 Å². The molecule has 0 unspecified atom stereocenters. The standard InChI is InChI=1S/C5H4N6O3/c1-10-3-2(4(8-10)11(13)14)6-9-7-5(3)12/h1H3,(H,6,7,12). The van der Waals surface area contributed by atoms with E-state index in [9.17, 15) is 14.9 Å². The summed E-state index contributed by atoms with van der Waals surface area (Å²) in [4.78, 5) is 21.0. The summed E-state index contributed by atoms with van der Waals surface area (Å²) in [6.45, 7) is 0. The Hall–Kier alpha value is -2.32. The fourth-order valence-electron chi connectivity index (χ4n) is 1.14. The molecule has 0 aromatic carbocycles. The minimum Gasteiger partial charge on any atom is -0.358 e. The van der Waals surface area contributed by atoms with E-state index in [-0.39, 0.29) is 11.0 Å². The van der Waals surface area contributed by atoms with Crippen LogP contribution >= 0.6 is 0 Å². The smallest absolute Gasteiger partial charge is 0.358 e. The van der Waals surface area contributed by atoms with Gasteiger partial charge in [0, 0.05) is 0 Å². The monoisotopic (exact) mass is 196 g/mol. The summed E-state index contributed by atoms with van der Waals surface area (Å²) in [5, 5.41) is 22.8. The number of nitrogens with one attached hydrogen (secondary N) is 1. The first-order valence-corrected chi connectivity index (χ1v) is 3.53. The molecular formula is C5H4N6O3. The molecule has 1 N–H and O–H groups in total. The van der Waals surface area contributed by atoms with Gasteiger partial charge in [-0.25, -0.2) is 5.10 Å². The number of aromatic amines is 1. The predicted octanol–water partition coefficient (Wildman–Crippen LogP) is -1.04. The van der Waals surface area contributed by atoms with Crippen LogP contribution in [0.2, 0.25) is 0 Å². The van der Waals surface area contributed by atoms with Crippen molar-refractivity contribution in [3.05, 3.63) is 20.5 Å². The molecule has 0 amide bonds. The fourth-order valence-corrected chi connectivity index (χ4v) is 1.14. The van der Waals surface area contributed by atoms with E-state index in [1.54, 1.807) is 0 Å². The Morgan fingerprint density at radius 2 is 2.29 bits per heavy atom. The highest BCUT2D eigenvalue weighted by Crippen LogP contribution is 2.17. The second-order valence-electron chi connectivity index (χ2n) is 2.54. The molecule has 0 aliphatic heterocycles. The van der Waals surface area contributed by atoms with Crippen molar-refractivity contribution in [3.8, 4) is 0 Å². The first-order valence-electron chi connectivity index (χ1n) is 3.53. The minimum atomic E-state index is -0.712. The van der Waals surface area contributed by atoms with Crippen LogP contribution in [0.4, 0.5) is 5.82 Å². The molecule has 0 saturated heterocycles. The third kappa shape index (κ3) is 0.952. The zero-order valence-corrected chi connectivity index (χ0v) is 6.96. The van der Waals surface area contributed by atoms with Gasteiger partial charge in [0.05, 0.1) is 12.1 Å². The first kappa shape index (κ1) is 8.29. The van der Waals surface area contributed by atoms with Crippen molar-refractivity contribution in [3.63, 3.8) is 0 Å². The van der Waals surface area contributed by atoms with E-state index >= 15 is 0 Å². The van der Waals surface area contributed by atoms with Crippen LogP contribution in [0.3, 0.4) is 0 Å². The average molecular weight is 196 g/mol. The van der Waals surface area contributed by atoms with E-state index < -0.39 is 16.3 Å². The Kier molecular flexibility index (Phi) is 1.53. The lowest BCUT2D eigenvalue weighted by Crippen LogP contribution is -2.12. The van der Waals surface area contributed by atoms with Gasteiger partial charge in [0.1, 0.15) is 0 Å². The van der Waals surface area contributed by atoms with E-state index in [4.69, 9.17) is 0 Å². The number of hydrogen-bond donors (Lipinski definition) is 1. The van der Waals surface area contributed by atoms with Gasteiger partial charge in [-0.2, -0.15) is 4.68 Å². The molecule has 0 aliphatic rings. The Morgan fingerprint density at radius 3 is 2.93 bits per heavy atom. The fraction of sp³-hybridized carbons (Fsp3) is 0.200. The highest BCUT2D eigenvalue weighted by molar-refractivity contribution is 5.81. The van der Waals surface area contributed by atoms with Gasteiger partial charge >= 0.3 is 5.82 Å². The zero-order valence-electron chi connectivity index (χ0n) is 6.96. The summed E-state index contributed by atoms with van der Waals surface area (Å²) in [7, 11) is 1.42. The molecule has 2 aromatic rings. The Labute approximate surface area is 75.5 Å². The molecule has 0 spiro atoms. The molecule has 2 rings (SSSR count). The lowest BCUT2D eigenvalue weighted by atomic mass is 10.4. The summed E-state index contributed by atoms with van der Waals surface area (Å²) < 4.78 is 1.10. The summed E-state index contributed by atoms with van der Waals surface area (Å²) in [6.07, 6.45) is 0. The van der Waals surface area contributed by atoms with Gasteiger partial charge < -0.3 is 10.1 Å². The Bertz CT molecular complexity index is 568. The minimum absolute atomic E-state index is 0.0340. The van der Waals surface area contributed by atoms with Crippen molar-refractivity contribution in [2.24, 2.45) is 7.05 Å². The molecule has 0 fully saturated rings. The number of H-pyrrole nitrogens is 1. The van der Waals surface area contributed by atoms with Crippen LogP contribution in [0.1, 0.15) is 0 Å². The van der Waals surface area contributed by atoms with Crippen molar-refractivity contribution < 1.29 is 4.92 Å². The van der Waals surface area contributed by atoms with Gasteiger partial charge in [-0.3, -0.25) is 4.79 Å². The van der Waals surface area contributed by atoms with Gasteiger partial charge in [-0.15, -0.1) is 5.10 Å². The number of nitrogens with zero attached hydrogens (tertiary/aromatic N) is 5. The molecule has 0 atom stereocenters. The van der Waals surface area contributed by atoms with Crippen LogP contribution < -0.4 is 5.56 Å². The topological polar surface area (TPSA) is 120 Å². The SMILES string of the molecule is Cn1nc([N+](=O)[O-])c2nn[nH]c(=O)c21. The lowest BCUT2D eigenvalue weighted by molar-refractivity contribution is -0.388. The second kappa shape index (κ2) is 2.58. The summed E-state index contributed by atoms with van der Waals surface area (Å²) >= 11 is 0. The number of rotatable bonds is 1. The molecule has 9 nitrogen and oxygen atoms in total. The molecule has 0 radical (unpaired) electrons. The van der Waals surface area contributed by atoms with E-state index in [1.165, 1.54) is 7.05 Å². The highest BCUT2D eigenvalue weighted by Gasteiger charge is 2.23. The van der Waals surface area contributed by atoms with Crippen molar-refractivity contribution >= 4 is 16.9 Å². The number of hydrogen-bond acceptors (Lipinski definition) is 6. The summed E-state index contributed by atoms with van der Waals surface area (Å²) in [5.74, 6) is -0.471. The van der Waals surface area contributed by atoms with Crippen LogP contribution in [0, 0.1) is 10.1 Å². The van der Waals surface area contributed by atoms with Gasteiger partial charge in [0.2, 0.25) is 5.52 Å². The van der Waals surface area contributed by atoms with Crippen LogP contribution in [0.15, 0.2) is 4.79 Å². The predicted molar refractivity (Wildman–Crippen MR) is 43.6 cm³/mol. The molecule has 72 valence electrons. The third-order valence-electron chi connectivity index (χ3n) is 1.69. The number of aromatic nitrogens is 5. The van der Waals surface area contributed by atoms with Crippen LogP contribution in [0.25, 0.3) is 11.0 Å². The lowest BCUT2D eigenvalue weighted by Gasteiger charge is -1.85. The Morgan fingerprint density at radius 1 is 1.57 bits per heavy atom. The quantitative estimate of drug-likeness (QED) is 0.459. The second-order valence-corrected chi connectivity index (χ2v) is 2.54. The maximum atomic E-state index is 11.2. The third-order valence-corrected chi connectivity index (χ3v) is 1.69. The highest BCUT2D eigenvalue weighted by atomic mass is 16.6. The van der Waals surface area contributed by atoms with Crippen molar-refractivity contribution in [1.29, 1.82) is 0 Å².